The summed E-state index contributed by atoms with van der Waals surface area (Å²) in [6.07, 6.45) is 8.03. The monoisotopic (exact) mass is 240 g/mol. The zero-order chi connectivity index (χ0) is 12.0. The maximum absolute atomic E-state index is 5.72. The Kier molecular flexibility index (Phi) is 5.26. The van der Waals surface area contributed by atoms with Gasteiger partial charge in [-0.2, -0.15) is 0 Å². The van der Waals surface area contributed by atoms with E-state index in [4.69, 9.17) is 4.74 Å². The SMILES string of the molecule is CCCCOCCN1CCNCC12CCCC2. The molecule has 0 aromatic carbocycles. The predicted octanol–water partition coefficient (Wildman–Crippen LogP) is 2.02. The molecule has 0 aromatic heterocycles. The van der Waals surface area contributed by atoms with Crippen LogP contribution in [-0.2, 0) is 4.74 Å². The Labute approximate surface area is 106 Å². The Morgan fingerprint density at radius 1 is 1.24 bits per heavy atom. The molecule has 2 fully saturated rings. The molecular weight excluding hydrogens is 212 g/mol. The minimum Gasteiger partial charge on any atom is -0.380 e. The van der Waals surface area contributed by atoms with Gasteiger partial charge in [0.25, 0.3) is 0 Å². The molecule has 3 nitrogen and oxygen atoms in total. The van der Waals surface area contributed by atoms with Crippen LogP contribution in [0.5, 0.6) is 0 Å². The summed E-state index contributed by atoms with van der Waals surface area (Å²) >= 11 is 0. The smallest absolute Gasteiger partial charge is 0.0593 e. The first-order valence-corrected chi connectivity index (χ1v) is 7.41. The van der Waals surface area contributed by atoms with Crippen LogP contribution in [0.3, 0.4) is 0 Å². The molecule has 0 radical (unpaired) electrons. The van der Waals surface area contributed by atoms with Crippen molar-refractivity contribution in [1.82, 2.24) is 10.2 Å². The molecule has 2 aliphatic rings. The van der Waals surface area contributed by atoms with Crippen LogP contribution in [-0.4, -0.2) is 49.8 Å². The van der Waals surface area contributed by atoms with Gasteiger partial charge in [-0.25, -0.2) is 0 Å². The highest BCUT2D eigenvalue weighted by Crippen LogP contribution is 2.35. The topological polar surface area (TPSA) is 24.5 Å². The molecule has 1 N–H and O–H groups in total. The van der Waals surface area contributed by atoms with Crippen LogP contribution in [0.4, 0.5) is 0 Å². The summed E-state index contributed by atoms with van der Waals surface area (Å²) < 4.78 is 5.72. The van der Waals surface area contributed by atoms with Gasteiger partial charge < -0.3 is 10.1 Å². The quantitative estimate of drug-likeness (QED) is 0.719. The maximum atomic E-state index is 5.72. The van der Waals surface area contributed by atoms with Gasteiger partial charge in [0.2, 0.25) is 0 Å². The van der Waals surface area contributed by atoms with E-state index < -0.39 is 0 Å². The van der Waals surface area contributed by atoms with Crippen molar-refractivity contribution in [2.45, 2.75) is 51.0 Å². The van der Waals surface area contributed by atoms with E-state index in [1.165, 1.54) is 51.6 Å². The highest BCUT2D eigenvalue weighted by Gasteiger charge is 2.40. The summed E-state index contributed by atoms with van der Waals surface area (Å²) in [7, 11) is 0. The molecule has 1 aliphatic heterocycles. The molecule has 0 amide bonds. The molecule has 0 aromatic rings. The van der Waals surface area contributed by atoms with Gasteiger partial charge in [-0.1, -0.05) is 26.2 Å². The number of unbranched alkanes of at least 4 members (excludes halogenated alkanes) is 1. The van der Waals surface area contributed by atoms with Crippen molar-refractivity contribution in [3.63, 3.8) is 0 Å². The molecule has 0 atom stereocenters. The third-order valence-electron chi connectivity index (χ3n) is 4.37. The fourth-order valence-corrected chi connectivity index (χ4v) is 3.28. The van der Waals surface area contributed by atoms with Crippen molar-refractivity contribution in [2.24, 2.45) is 0 Å². The molecule has 100 valence electrons. The molecule has 2 rings (SSSR count). The Hall–Kier alpha value is -0.120. The van der Waals surface area contributed by atoms with Gasteiger partial charge in [0.15, 0.2) is 0 Å². The molecule has 17 heavy (non-hydrogen) atoms. The standard InChI is InChI=1S/C14H28N2O/c1-2-3-11-17-12-10-16-9-8-15-13-14(16)6-4-5-7-14/h15H,2-13H2,1H3. The summed E-state index contributed by atoms with van der Waals surface area (Å²) in [6.45, 7) is 8.76. The molecule has 1 saturated heterocycles. The second-order valence-corrected chi connectivity index (χ2v) is 5.56. The van der Waals surface area contributed by atoms with Gasteiger partial charge in [0, 0.05) is 38.3 Å². The van der Waals surface area contributed by atoms with Crippen molar-refractivity contribution in [2.75, 3.05) is 39.4 Å². The summed E-state index contributed by atoms with van der Waals surface area (Å²) in [5.74, 6) is 0. The summed E-state index contributed by atoms with van der Waals surface area (Å²) in [5.41, 5.74) is 0.479. The number of nitrogens with one attached hydrogen (secondary N) is 1. The first kappa shape index (κ1) is 13.3. The minimum atomic E-state index is 0.479. The van der Waals surface area contributed by atoms with Crippen LogP contribution in [0.25, 0.3) is 0 Å². The Morgan fingerprint density at radius 3 is 2.82 bits per heavy atom. The second-order valence-electron chi connectivity index (χ2n) is 5.56. The predicted molar refractivity (Wildman–Crippen MR) is 71.4 cm³/mol. The van der Waals surface area contributed by atoms with Crippen molar-refractivity contribution in [3.8, 4) is 0 Å². The summed E-state index contributed by atoms with van der Waals surface area (Å²) in [4.78, 5) is 2.70. The van der Waals surface area contributed by atoms with E-state index in [-0.39, 0.29) is 0 Å². The van der Waals surface area contributed by atoms with Crippen LogP contribution in [0.1, 0.15) is 45.4 Å². The molecule has 0 unspecified atom stereocenters. The van der Waals surface area contributed by atoms with Gasteiger partial charge in [-0.3, -0.25) is 4.90 Å². The van der Waals surface area contributed by atoms with Crippen LogP contribution in [0, 0.1) is 0 Å². The number of hydrogen-bond acceptors (Lipinski definition) is 3. The van der Waals surface area contributed by atoms with E-state index in [2.05, 4.69) is 17.1 Å². The highest BCUT2D eigenvalue weighted by atomic mass is 16.5. The molecular formula is C14H28N2O. The average molecular weight is 240 g/mol. The van der Waals surface area contributed by atoms with Crippen molar-refractivity contribution >= 4 is 0 Å². The van der Waals surface area contributed by atoms with E-state index in [0.717, 1.165) is 26.3 Å². The molecule has 0 bridgehead atoms. The highest BCUT2D eigenvalue weighted by molar-refractivity contribution is 4.99. The average Bonchev–Trinajstić information content (AvgIpc) is 2.81. The van der Waals surface area contributed by atoms with Crippen LogP contribution in [0.15, 0.2) is 0 Å². The van der Waals surface area contributed by atoms with E-state index in [1.54, 1.807) is 0 Å². The Balaban J connectivity index is 1.73. The third-order valence-corrected chi connectivity index (χ3v) is 4.37. The van der Waals surface area contributed by atoms with E-state index in [9.17, 15) is 0 Å². The van der Waals surface area contributed by atoms with Gasteiger partial charge in [0.1, 0.15) is 0 Å². The lowest BCUT2D eigenvalue weighted by Crippen LogP contribution is -2.60. The third kappa shape index (κ3) is 3.43. The number of piperazine rings is 1. The summed E-state index contributed by atoms with van der Waals surface area (Å²) in [5, 5.41) is 3.58. The van der Waals surface area contributed by atoms with Crippen molar-refractivity contribution < 1.29 is 4.74 Å². The lowest BCUT2D eigenvalue weighted by Gasteiger charge is -2.45. The van der Waals surface area contributed by atoms with E-state index in [0.29, 0.717) is 5.54 Å². The molecule has 1 heterocycles. The van der Waals surface area contributed by atoms with Gasteiger partial charge >= 0.3 is 0 Å². The van der Waals surface area contributed by atoms with Gasteiger partial charge in [0.05, 0.1) is 6.61 Å². The van der Waals surface area contributed by atoms with E-state index in [1.807, 2.05) is 0 Å². The van der Waals surface area contributed by atoms with Gasteiger partial charge in [-0.05, 0) is 19.3 Å². The fraction of sp³-hybridized carbons (Fsp3) is 1.00. The zero-order valence-corrected chi connectivity index (χ0v) is 11.3. The normalized spacial score (nSPS) is 24.5. The van der Waals surface area contributed by atoms with E-state index >= 15 is 0 Å². The Bertz CT molecular complexity index is 214. The van der Waals surface area contributed by atoms with Crippen LogP contribution in [0.2, 0.25) is 0 Å². The van der Waals surface area contributed by atoms with Gasteiger partial charge in [-0.15, -0.1) is 0 Å². The Morgan fingerprint density at radius 2 is 2.06 bits per heavy atom. The fourth-order valence-electron chi connectivity index (χ4n) is 3.28. The number of nitrogens with zero attached hydrogens (tertiary/aromatic N) is 1. The first-order valence-electron chi connectivity index (χ1n) is 7.41. The van der Waals surface area contributed by atoms with Crippen molar-refractivity contribution in [1.29, 1.82) is 0 Å². The summed E-state index contributed by atoms with van der Waals surface area (Å²) in [6, 6.07) is 0. The number of rotatable bonds is 6. The second kappa shape index (κ2) is 6.72. The molecule has 1 spiro atoms. The lowest BCUT2D eigenvalue weighted by molar-refractivity contribution is 0.0269. The number of hydrogen-bond donors (Lipinski definition) is 1. The van der Waals surface area contributed by atoms with Crippen LogP contribution < -0.4 is 5.32 Å². The minimum absolute atomic E-state index is 0.479. The zero-order valence-electron chi connectivity index (χ0n) is 11.3. The lowest BCUT2D eigenvalue weighted by atomic mass is 9.93. The number of ether oxygens (including phenoxy) is 1. The van der Waals surface area contributed by atoms with Crippen LogP contribution >= 0.6 is 0 Å². The first-order chi connectivity index (χ1) is 8.37. The maximum Gasteiger partial charge on any atom is 0.0593 e. The largest absolute Gasteiger partial charge is 0.380 e. The molecule has 3 heteroatoms. The molecule has 1 aliphatic carbocycles. The van der Waals surface area contributed by atoms with Crippen molar-refractivity contribution in [3.05, 3.63) is 0 Å². The molecule has 1 saturated carbocycles.